The van der Waals surface area contributed by atoms with E-state index < -0.39 is 11.7 Å². The predicted octanol–water partition coefficient (Wildman–Crippen LogP) is 4.27. The summed E-state index contributed by atoms with van der Waals surface area (Å²) in [5, 5.41) is 7.46. The molecule has 0 atom stereocenters. The molecular formula is C14H15ClF3N3. The quantitative estimate of drug-likeness (QED) is 0.912. The molecule has 2 rings (SSSR count). The number of hydrogen-bond acceptors (Lipinski definition) is 2. The zero-order valence-electron chi connectivity index (χ0n) is 11.6. The Kier molecular flexibility index (Phi) is 4.46. The van der Waals surface area contributed by atoms with Crippen LogP contribution in [0.4, 0.5) is 18.9 Å². The van der Waals surface area contributed by atoms with E-state index in [-0.39, 0.29) is 10.7 Å². The van der Waals surface area contributed by atoms with Crippen molar-refractivity contribution in [3.05, 3.63) is 46.2 Å². The number of aryl methyl sites for hydroxylation is 2. The van der Waals surface area contributed by atoms with Crippen molar-refractivity contribution in [3.63, 3.8) is 0 Å². The van der Waals surface area contributed by atoms with Crippen molar-refractivity contribution in [1.29, 1.82) is 0 Å². The molecule has 0 saturated heterocycles. The number of halogens is 4. The van der Waals surface area contributed by atoms with Crippen LogP contribution in [0.25, 0.3) is 0 Å². The number of nitrogens with one attached hydrogen (secondary N) is 1. The van der Waals surface area contributed by atoms with E-state index in [9.17, 15) is 13.2 Å². The van der Waals surface area contributed by atoms with Crippen LogP contribution in [0.1, 0.15) is 23.9 Å². The second-order valence-electron chi connectivity index (χ2n) is 4.65. The van der Waals surface area contributed by atoms with E-state index in [4.69, 9.17) is 11.6 Å². The van der Waals surface area contributed by atoms with Crippen LogP contribution in [0.3, 0.4) is 0 Å². The van der Waals surface area contributed by atoms with E-state index in [0.717, 1.165) is 29.9 Å². The van der Waals surface area contributed by atoms with Gasteiger partial charge >= 0.3 is 6.18 Å². The Morgan fingerprint density at radius 1 is 1.29 bits per heavy atom. The minimum Gasteiger partial charge on any atom is -0.378 e. The lowest BCUT2D eigenvalue weighted by atomic mass is 10.2. The van der Waals surface area contributed by atoms with Gasteiger partial charge in [0.15, 0.2) is 0 Å². The summed E-state index contributed by atoms with van der Waals surface area (Å²) in [5.41, 5.74) is 1.34. The number of alkyl halides is 3. The summed E-state index contributed by atoms with van der Waals surface area (Å²) in [6.45, 7) is 2.34. The first-order valence-electron chi connectivity index (χ1n) is 6.43. The lowest BCUT2D eigenvalue weighted by Gasteiger charge is -2.12. The zero-order chi connectivity index (χ0) is 15.6. The maximum Gasteiger partial charge on any atom is 0.416 e. The van der Waals surface area contributed by atoms with Gasteiger partial charge in [-0.1, -0.05) is 18.5 Å². The van der Waals surface area contributed by atoms with E-state index >= 15 is 0 Å². The molecule has 0 aliphatic rings. The first-order chi connectivity index (χ1) is 9.81. The lowest BCUT2D eigenvalue weighted by molar-refractivity contribution is -0.137. The zero-order valence-corrected chi connectivity index (χ0v) is 12.4. The maximum absolute atomic E-state index is 12.7. The third-order valence-electron chi connectivity index (χ3n) is 3.14. The van der Waals surface area contributed by atoms with Gasteiger partial charge in [0.2, 0.25) is 0 Å². The summed E-state index contributed by atoms with van der Waals surface area (Å²) >= 11 is 5.93. The minimum atomic E-state index is -4.39. The fraction of sp³-hybridized carbons (Fsp3) is 0.357. The van der Waals surface area contributed by atoms with E-state index in [0.29, 0.717) is 6.54 Å². The summed E-state index contributed by atoms with van der Waals surface area (Å²) in [4.78, 5) is 0. The molecule has 0 aliphatic heterocycles. The molecular weight excluding hydrogens is 303 g/mol. The van der Waals surface area contributed by atoms with Crippen LogP contribution in [0.2, 0.25) is 5.02 Å². The third-order valence-corrected chi connectivity index (χ3v) is 3.47. The highest BCUT2D eigenvalue weighted by Gasteiger charge is 2.30. The molecule has 0 radical (unpaired) electrons. The monoisotopic (exact) mass is 317 g/mol. The second kappa shape index (κ2) is 5.97. The molecule has 21 heavy (non-hydrogen) atoms. The highest BCUT2D eigenvalue weighted by Crippen LogP contribution is 2.33. The van der Waals surface area contributed by atoms with Crippen molar-refractivity contribution in [1.82, 2.24) is 9.78 Å². The van der Waals surface area contributed by atoms with Gasteiger partial charge in [-0.25, -0.2) is 0 Å². The average molecular weight is 318 g/mol. The smallest absolute Gasteiger partial charge is 0.378 e. The summed E-state index contributed by atoms with van der Waals surface area (Å²) < 4.78 is 39.8. The van der Waals surface area contributed by atoms with Gasteiger partial charge in [0, 0.05) is 7.05 Å². The van der Waals surface area contributed by atoms with Gasteiger partial charge in [0.05, 0.1) is 34.2 Å². The van der Waals surface area contributed by atoms with Gasteiger partial charge in [-0.2, -0.15) is 18.3 Å². The Morgan fingerprint density at radius 3 is 2.57 bits per heavy atom. The van der Waals surface area contributed by atoms with Crippen LogP contribution < -0.4 is 5.32 Å². The van der Waals surface area contributed by atoms with Crippen molar-refractivity contribution in [3.8, 4) is 0 Å². The van der Waals surface area contributed by atoms with Gasteiger partial charge in [0.1, 0.15) is 0 Å². The van der Waals surface area contributed by atoms with Crippen LogP contribution in [0, 0.1) is 0 Å². The summed E-state index contributed by atoms with van der Waals surface area (Å²) in [6.07, 6.45) is -3.58. The molecule has 7 heteroatoms. The van der Waals surface area contributed by atoms with Gasteiger partial charge < -0.3 is 5.32 Å². The van der Waals surface area contributed by atoms with Crippen molar-refractivity contribution in [2.24, 2.45) is 7.05 Å². The Hall–Kier alpha value is -1.69. The topological polar surface area (TPSA) is 29.9 Å². The van der Waals surface area contributed by atoms with Gasteiger partial charge in [-0.15, -0.1) is 0 Å². The number of benzene rings is 1. The summed E-state index contributed by atoms with van der Waals surface area (Å²) in [7, 11) is 1.80. The van der Waals surface area contributed by atoms with E-state index in [1.165, 1.54) is 6.07 Å². The first-order valence-corrected chi connectivity index (χ1v) is 6.81. The molecule has 1 aromatic carbocycles. The van der Waals surface area contributed by atoms with Crippen LogP contribution in [0.5, 0.6) is 0 Å². The molecule has 1 N–H and O–H groups in total. The van der Waals surface area contributed by atoms with Crippen LogP contribution >= 0.6 is 11.6 Å². The molecule has 0 bridgehead atoms. The molecule has 2 aromatic rings. The highest BCUT2D eigenvalue weighted by molar-refractivity contribution is 6.33. The largest absolute Gasteiger partial charge is 0.416 e. The SMILES string of the molecule is CCc1cc(CNc2cc(C(F)(F)F)ccc2Cl)n(C)n1. The Morgan fingerprint density at radius 2 is 2.00 bits per heavy atom. The fourth-order valence-corrected chi connectivity index (χ4v) is 2.12. The minimum absolute atomic E-state index is 0.251. The Balaban J connectivity index is 2.17. The molecule has 0 aliphatic carbocycles. The molecule has 3 nitrogen and oxygen atoms in total. The molecule has 0 amide bonds. The normalized spacial score (nSPS) is 11.7. The van der Waals surface area contributed by atoms with Gasteiger partial charge in [0.25, 0.3) is 0 Å². The molecule has 0 saturated carbocycles. The molecule has 114 valence electrons. The van der Waals surface area contributed by atoms with E-state index in [1.54, 1.807) is 11.7 Å². The van der Waals surface area contributed by atoms with Gasteiger partial charge in [-0.05, 0) is 30.7 Å². The van der Waals surface area contributed by atoms with E-state index in [1.807, 2.05) is 13.0 Å². The summed E-state index contributed by atoms with van der Waals surface area (Å²) in [6, 6.07) is 5.13. The Bertz CT molecular complexity index is 635. The molecule has 0 unspecified atom stereocenters. The molecule has 1 aromatic heterocycles. The number of anilines is 1. The number of aromatic nitrogens is 2. The van der Waals surface area contributed by atoms with E-state index in [2.05, 4.69) is 10.4 Å². The number of rotatable bonds is 4. The maximum atomic E-state index is 12.7. The highest BCUT2D eigenvalue weighted by atomic mass is 35.5. The molecule has 1 heterocycles. The van der Waals surface area contributed by atoms with Crippen molar-refractivity contribution in [2.75, 3.05) is 5.32 Å². The second-order valence-corrected chi connectivity index (χ2v) is 5.06. The van der Waals surface area contributed by atoms with Crippen molar-refractivity contribution in [2.45, 2.75) is 26.1 Å². The number of nitrogens with zero attached hydrogens (tertiary/aromatic N) is 2. The Labute approximate surface area is 125 Å². The lowest BCUT2D eigenvalue weighted by Crippen LogP contribution is -2.08. The van der Waals surface area contributed by atoms with Gasteiger partial charge in [-0.3, -0.25) is 4.68 Å². The van der Waals surface area contributed by atoms with Crippen LogP contribution in [-0.4, -0.2) is 9.78 Å². The first kappa shape index (κ1) is 15.7. The summed E-state index contributed by atoms with van der Waals surface area (Å²) in [5.74, 6) is 0. The number of hydrogen-bond donors (Lipinski definition) is 1. The fourth-order valence-electron chi connectivity index (χ4n) is 1.93. The average Bonchev–Trinajstić information content (AvgIpc) is 2.77. The van der Waals surface area contributed by atoms with Crippen molar-refractivity contribution >= 4 is 17.3 Å². The molecule has 0 spiro atoms. The standard InChI is InChI=1S/C14H15ClF3N3/c1-3-10-7-11(21(2)20-10)8-19-13-6-9(14(16,17)18)4-5-12(13)15/h4-7,19H,3,8H2,1-2H3. The van der Waals surface area contributed by atoms with Crippen LogP contribution in [-0.2, 0) is 26.2 Å². The van der Waals surface area contributed by atoms with Crippen molar-refractivity contribution < 1.29 is 13.2 Å². The predicted molar refractivity (Wildman–Crippen MR) is 76.4 cm³/mol. The van der Waals surface area contributed by atoms with Crippen LogP contribution in [0.15, 0.2) is 24.3 Å². The molecule has 0 fully saturated rings. The third kappa shape index (κ3) is 3.69.